The van der Waals surface area contributed by atoms with Gasteiger partial charge in [0.1, 0.15) is 13.2 Å². The minimum atomic E-state index is -1.33. The molecule has 1 saturated heterocycles. The van der Waals surface area contributed by atoms with Gasteiger partial charge >= 0.3 is 0 Å². The summed E-state index contributed by atoms with van der Waals surface area (Å²) in [5.74, 6) is -0.772. The number of hydrogen-bond donors (Lipinski definition) is 0. The highest BCUT2D eigenvalue weighted by atomic mass is 16.7. The molecule has 0 N–H and O–H groups in total. The van der Waals surface area contributed by atoms with Crippen LogP contribution in [0.2, 0.25) is 0 Å². The zero-order valence-electron chi connectivity index (χ0n) is 16.9. The molecule has 1 aliphatic heterocycles. The summed E-state index contributed by atoms with van der Waals surface area (Å²) in [5.41, 5.74) is 0.942. The van der Waals surface area contributed by atoms with Gasteiger partial charge < -0.3 is 9.47 Å². The lowest BCUT2D eigenvalue weighted by Crippen LogP contribution is -2.54. The number of benzene rings is 1. The molecule has 0 radical (unpaired) electrons. The molecule has 27 heavy (non-hydrogen) atoms. The monoisotopic (exact) mass is 375 g/mol. The highest BCUT2D eigenvalue weighted by Gasteiger charge is 2.48. The van der Waals surface area contributed by atoms with Gasteiger partial charge in [0.25, 0.3) is 5.54 Å². The molecule has 0 saturated carbocycles. The van der Waals surface area contributed by atoms with Crippen LogP contribution in [0.25, 0.3) is 6.08 Å². The van der Waals surface area contributed by atoms with Crippen LogP contribution < -0.4 is 0 Å². The molecule has 1 fully saturated rings. The molecule has 5 nitrogen and oxygen atoms in total. The fraction of sp³-hybridized carbons (Fsp3) is 0.636. The van der Waals surface area contributed by atoms with E-state index in [1.54, 1.807) is 26.0 Å². The Morgan fingerprint density at radius 3 is 2.22 bits per heavy atom. The first kappa shape index (κ1) is 21.6. The molecule has 1 aromatic rings. The van der Waals surface area contributed by atoms with E-state index in [0.29, 0.717) is 0 Å². The first-order valence-electron chi connectivity index (χ1n) is 10.1. The Labute approximate surface area is 162 Å². The average Bonchev–Trinajstić information content (AvgIpc) is 2.65. The molecule has 1 aliphatic rings. The van der Waals surface area contributed by atoms with Crippen LogP contribution >= 0.6 is 0 Å². The van der Waals surface area contributed by atoms with Crippen molar-refractivity contribution in [3.8, 4) is 0 Å². The number of hydrogen-bond acceptors (Lipinski definition) is 4. The van der Waals surface area contributed by atoms with Gasteiger partial charge in [0.05, 0.1) is 0 Å². The number of rotatable bonds is 10. The Bertz CT molecular complexity index is 612. The second-order valence-electron chi connectivity index (χ2n) is 7.93. The quantitative estimate of drug-likeness (QED) is 0.312. The van der Waals surface area contributed by atoms with E-state index in [2.05, 4.69) is 19.1 Å². The molecule has 150 valence electrons. The normalized spacial score (nSPS) is 18.6. The summed E-state index contributed by atoms with van der Waals surface area (Å²) < 4.78 is 11.0. The maximum atomic E-state index is 11.6. The zero-order chi connectivity index (χ0) is 19.8. The van der Waals surface area contributed by atoms with Crippen LogP contribution in [0.3, 0.4) is 0 Å². The standard InChI is InChI=1S/C22H33NO4/c1-4-5-6-7-8-9-10-19-11-13-20(14-12-19)15-16-22(23(24)25)17-26-21(2,3)27-18-22/h11-16H,4-10,17-18H2,1-3H3. The maximum absolute atomic E-state index is 11.6. The van der Waals surface area contributed by atoms with Crippen LogP contribution in [-0.4, -0.2) is 29.5 Å². The van der Waals surface area contributed by atoms with Crippen molar-refractivity contribution < 1.29 is 14.4 Å². The lowest BCUT2D eigenvalue weighted by Gasteiger charge is -2.36. The van der Waals surface area contributed by atoms with Crippen molar-refractivity contribution in [2.24, 2.45) is 0 Å². The molecular weight excluding hydrogens is 342 g/mol. The molecular formula is C22H33NO4. The molecule has 1 heterocycles. The van der Waals surface area contributed by atoms with Gasteiger partial charge in [-0.25, -0.2) is 0 Å². The van der Waals surface area contributed by atoms with Gasteiger partial charge in [-0.2, -0.15) is 0 Å². The Hall–Kier alpha value is -1.72. The summed E-state index contributed by atoms with van der Waals surface area (Å²) in [6, 6.07) is 8.26. The highest BCUT2D eigenvalue weighted by molar-refractivity contribution is 5.51. The lowest BCUT2D eigenvalue weighted by atomic mass is 9.98. The summed E-state index contributed by atoms with van der Waals surface area (Å²) in [5, 5.41) is 11.6. The van der Waals surface area contributed by atoms with Crippen molar-refractivity contribution in [1.29, 1.82) is 0 Å². The first-order chi connectivity index (χ1) is 12.9. The third-order valence-electron chi connectivity index (χ3n) is 5.09. The second-order valence-corrected chi connectivity index (χ2v) is 7.93. The van der Waals surface area contributed by atoms with E-state index in [4.69, 9.17) is 9.47 Å². The Morgan fingerprint density at radius 2 is 1.63 bits per heavy atom. The van der Waals surface area contributed by atoms with Gasteiger partial charge in [-0.3, -0.25) is 10.1 Å². The van der Waals surface area contributed by atoms with E-state index in [1.165, 1.54) is 44.1 Å². The van der Waals surface area contributed by atoms with E-state index in [0.717, 1.165) is 12.0 Å². The van der Waals surface area contributed by atoms with E-state index in [1.807, 2.05) is 12.1 Å². The average molecular weight is 376 g/mol. The number of ether oxygens (including phenoxy) is 2. The molecule has 2 rings (SSSR count). The molecule has 0 spiro atoms. The molecule has 0 bridgehead atoms. The van der Waals surface area contributed by atoms with Gasteiger partial charge in [-0.05, 0) is 43.9 Å². The van der Waals surface area contributed by atoms with Crippen LogP contribution in [-0.2, 0) is 15.9 Å². The molecule has 0 atom stereocenters. The zero-order valence-corrected chi connectivity index (χ0v) is 16.9. The predicted molar refractivity (Wildman–Crippen MR) is 108 cm³/mol. The van der Waals surface area contributed by atoms with E-state index < -0.39 is 11.3 Å². The topological polar surface area (TPSA) is 61.6 Å². The van der Waals surface area contributed by atoms with Gasteiger partial charge in [0, 0.05) is 4.92 Å². The van der Waals surface area contributed by atoms with Crippen molar-refractivity contribution in [3.63, 3.8) is 0 Å². The van der Waals surface area contributed by atoms with Crippen LogP contribution in [0, 0.1) is 10.1 Å². The largest absolute Gasteiger partial charge is 0.343 e. The fourth-order valence-corrected chi connectivity index (χ4v) is 3.10. The van der Waals surface area contributed by atoms with Crippen LogP contribution in [0.5, 0.6) is 0 Å². The van der Waals surface area contributed by atoms with E-state index in [9.17, 15) is 10.1 Å². The SMILES string of the molecule is CCCCCCCCc1ccc(C=CC2([N+](=O)[O-])COC(C)(C)OC2)cc1. The van der Waals surface area contributed by atoms with Crippen molar-refractivity contribution in [2.75, 3.05) is 13.2 Å². The third-order valence-corrected chi connectivity index (χ3v) is 5.09. The predicted octanol–water partition coefficient (Wildman–Crippen LogP) is 5.40. The summed E-state index contributed by atoms with van der Waals surface area (Å²) in [6.45, 7) is 5.80. The van der Waals surface area contributed by atoms with Crippen molar-refractivity contribution in [2.45, 2.75) is 77.0 Å². The maximum Gasteiger partial charge on any atom is 0.286 e. The molecule has 0 unspecified atom stereocenters. The van der Waals surface area contributed by atoms with Gasteiger partial charge in [-0.1, -0.05) is 69.4 Å². The van der Waals surface area contributed by atoms with Crippen LogP contribution in [0.15, 0.2) is 30.3 Å². The summed E-state index contributed by atoms with van der Waals surface area (Å²) in [4.78, 5) is 11.3. The van der Waals surface area contributed by atoms with Crippen molar-refractivity contribution in [1.82, 2.24) is 0 Å². The van der Waals surface area contributed by atoms with Crippen LogP contribution in [0.4, 0.5) is 0 Å². The Morgan fingerprint density at radius 1 is 1.04 bits per heavy atom. The summed E-state index contributed by atoms with van der Waals surface area (Å²) in [6.07, 6.45) is 12.3. The van der Waals surface area contributed by atoms with Crippen LogP contribution in [0.1, 0.15) is 70.4 Å². The van der Waals surface area contributed by atoms with Crippen molar-refractivity contribution >= 4 is 6.08 Å². The van der Waals surface area contributed by atoms with Gasteiger partial charge in [0.2, 0.25) is 0 Å². The Kier molecular flexibility index (Phi) is 7.99. The van der Waals surface area contributed by atoms with Crippen molar-refractivity contribution in [3.05, 3.63) is 51.6 Å². The van der Waals surface area contributed by atoms with Gasteiger partial charge in [-0.15, -0.1) is 0 Å². The third kappa shape index (κ3) is 6.74. The second kappa shape index (κ2) is 10.00. The van der Waals surface area contributed by atoms with E-state index >= 15 is 0 Å². The number of aryl methyl sites for hydroxylation is 1. The molecule has 5 heteroatoms. The fourth-order valence-electron chi connectivity index (χ4n) is 3.10. The molecule has 0 aromatic heterocycles. The lowest BCUT2D eigenvalue weighted by molar-refractivity contribution is -0.580. The minimum Gasteiger partial charge on any atom is -0.343 e. The molecule has 0 aliphatic carbocycles. The van der Waals surface area contributed by atoms with Gasteiger partial charge in [0.15, 0.2) is 5.79 Å². The molecule has 1 aromatic carbocycles. The Balaban J connectivity index is 1.88. The summed E-state index contributed by atoms with van der Waals surface area (Å²) in [7, 11) is 0. The highest BCUT2D eigenvalue weighted by Crippen LogP contribution is 2.27. The smallest absolute Gasteiger partial charge is 0.286 e. The first-order valence-corrected chi connectivity index (χ1v) is 10.1. The number of unbranched alkanes of at least 4 members (excludes halogenated alkanes) is 5. The number of nitrogens with zero attached hydrogens (tertiary/aromatic N) is 1. The molecule has 0 amide bonds. The summed E-state index contributed by atoms with van der Waals surface area (Å²) >= 11 is 0. The number of nitro groups is 1. The minimum absolute atomic E-state index is 0.0135. The van der Waals surface area contributed by atoms with E-state index in [-0.39, 0.29) is 18.1 Å².